The van der Waals surface area contributed by atoms with Crippen LogP contribution in [0.2, 0.25) is 0 Å². The normalized spacial score (nSPS) is 13.2. The molecule has 0 spiro atoms. The van der Waals surface area contributed by atoms with Crippen molar-refractivity contribution in [3.05, 3.63) is 0 Å². The van der Waals surface area contributed by atoms with Gasteiger partial charge < -0.3 is 20.9 Å². The van der Waals surface area contributed by atoms with E-state index in [0.29, 0.717) is 19.3 Å². The van der Waals surface area contributed by atoms with Gasteiger partial charge in [0.05, 0.1) is 14.2 Å². The minimum Gasteiger partial charge on any atom is -0.468 e. The van der Waals surface area contributed by atoms with Crippen LogP contribution in [-0.4, -0.2) is 38.2 Å². The van der Waals surface area contributed by atoms with Crippen molar-refractivity contribution in [3.8, 4) is 0 Å². The predicted octanol–water partition coefficient (Wildman–Crippen LogP) is -0.421. The van der Waals surface area contributed by atoms with Crippen LogP contribution in [0, 0.1) is 0 Å². The molecule has 0 radical (unpaired) electrons. The summed E-state index contributed by atoms with van der Waals surface area (Å²) in [7, 11) is 2.56. The van der Waals surface area contributed by atoms with Crippen molar-refractivity contribution in [3.63, 3.8) is 0 Å². The van der Waals surface area contributed by atoms with Gasteiger partial charge in [-0.1, -0.05) is 0 Å². The van der Waals surface area contributed by atoms with E-state index < -0.39 is 24.0 Å². The third-order valence-electron chi connectivity index (χ3n) is 2.04. The highest BCUT2D eigenvalue weighted by Gasteiger charge is 2.16. The number of hydrogen-bond acceptors (Lipinski definition) is 6. The van der Waals surface area contributed by atoms with E-state index in [1.165, 1.54) is 14.2 Å². The molecule has 0 bridgehead atoms. The third kappa shape index (κ3) is 6.60. The van der Waals surface area contributed by atoms with E-state index in [2.05, 4.69) is 9.47 Å². The van der Waals surface area contributed by atoms with Crippen molar-refractivity contribution in [2.24, 2.45) is 11.5 Å². The maximum atomic E-state index is 10.9. The highest BCUT2D eigenvalue weighted by atomic mass is 35.5. The van der Waals surface area contributed by atoms with E-state index in [4.69, 9.17) is 11.5 Å². The summed E-state index contributed by atoms with van der Waals surface area (Å²) in [4.78, 5) is 21.8. The number of ether oxygens (including phenoxy) is 2. The number of carbonyl (C=O) groups excluding carboxylic acids is 2. The Morgan fingerprint density at radius 1 is 1.00 bits per heavy atom. The quantitative estimate of drug-likeness (QED) is 0.624. The Morgan fingerprint density at radius 2 is 1.31 bits per heavy atom. The molecule has 2 atom stereocenters. The molecule has 0 heterocycles. The summed E-state index contributed by atoms with van der Waals surface area (Å²) in [5.74, 6) is -0.914. The molecule has 0 aromatic rings. The molecule has 6 nitrogen and oxygen atoms in total. The molecule has 7 heteroatoms. The summed E-state index contributed by atoms with van der Waals surface area (Å²) in [6, 6.07) is -1.31. The number of carbonyl (C=O) groups is 2. The SMILES string of the molecule is COC(=O)C(N)CCCC(N)C(=O)OC.Cl. The van der Waals surface area contributed by atoms with E-state index in [1.54, 1.807) is 0 Å². The number of nitrogens with two attached hydrogens (primary N) is 2. The van der Waals surface area contributed by atoms with E-state index in [1.807, 2.05) is 0 Å². The molecular formula is C9H19ClN2O4. The van der Waals surface area contributed by atoms with Crippen LogP contribution < -0.4 is 11.5 Å². The molecule has 0 aliphatic rings. The molecule has 0 amide bonds. The van der Waals surface area contributed by atoms with Gasteiger partial charge in [0.1, 0.15) is 12.1 Å². The van der Waals surface area contributed by atoms with Crippen molar-refractivity contribution in [2.45, 2.75) is 31.3 Å². The smallest absolute Gasteiger partial charge is 0.322 e. The van der Waals surface area contributed by atoms with Crippen LogP contribution in [0.3, 0.4) is 0 Å². The lowest BCUT2D eigenvalue weighted by atomic mass is 10.1. The molecule has 0 rings (SSSR count). The zero-order chi connectivity index (χ0) is 11.8. The van der Waals surface area contributed by atoms with Crippen LogP contribution in [0.15, 0.2) is 0 Å². The van der Waals surface area contributed by atoms with Gasteiger partial charge >= 0.3 is 11.9 Å². The predicted molar refractivity (Wildman–Crippen MR) is 61.1 cm³/mol. The number of halogens is 1. The van der Waals surface area contributed by atoms with Gasteiger partial charge in [-0.2, -0.15) is 0 Å². The number of methoxy groups -OCH3 is 2. The fourth-order valence-electron chi connectivity index (χ4n) is 1.10. The Balaban J connectivity index is 0. The lowest BCUT2D eigenvalue weighted by Crippen LogP contribution is -2.34. The van der Waals surface area contributed by atoms with Gasteiger partial charge in [0.15, 0.2) is 0 Å². The number of esters is 2. The minimum absolute atomic E-state index is 0. The zero-order valence-electron chi connectivity index (χ0n) is 9.47. The Kier molecular flexibility index (Phi) is 10.3. The first-order valence-electron chi connectivity index (χ1n) is 4.69. The van der Waals surface area contributed by atoms with E-state index in [-0.39, 0.29) is 12.4 Å². The summed E-state index contributed by atoms with van der Waals surface area (Å²) in [5, 5.41) is 0. The van der Waals surface area contributed by atoms with Gasteiger partial charge in [-0.05, 0) is 19.3 Å². The summed E-state index contributed by atoms with van der Waals surface area (Å²) < 4.78 is 8.90. The molecular weight excluding hydrogens is 236 g/mol. The van der Waals surface area contributed by atoms with Crippen molar-refractivity contribution in [1.82, 2.24) is 0 Å². The van der Waals surface area contributed by atoms with Crippen LogP contribution in [0.25, 0.3) is 0 Å². The molecule has 0 fully saturated rings. The maximum absolute atomic E-state index is 10.9. The van der Waals surface area contributed by atoms with Crippen molar-refractivity contribution < 1.29 is 19.1 Å². The van der Waals surface area contributed by atoms with Crippen molar-refractivity contribution in [1.29, 1.82) is 0 Å². The van der Waals surface area contributed by atoms with Crippen LogP contribution >= 0.6 is 12.4 Å². The van der Waals surface area contributed by atoms with Crippen LogP contribution in [0.4, 0.5) is 0 Å². The van der Waals surface area contributed by atoms with Crippen LogP contribution in [0.1, 0.15) is 19.3 Å². The molecule has 0 aliphatic heterocycles. The molecule has 0 saturated carbocycles. The Hall–Kier alpha value is -0.850. The van der Waals surface area contributed by atoms with Crippen molar-refractivity contribution in [2.75, 3.05) is 14.2 Å². The van der Waals surface area contributed by atoms with Gasteiger partial charge in [-0.3, -0.25) is 9.59 Å². The Bertz CT molecular complexity index is 204. The van der Waals surface area contributed by atoms with Gasteiger partial charge in [0, 0.05) is 0 Å². The van der Waals surface area contributed by atoms with Gasteiger partial charge in [-0.15, -0.1) is 12.4 Å². The monoisotopic (exact) mass is 254 g/mol. The topological polar surface area (TPSA) is 105 Å². The second kappa shape index (κ2) is 9.38. The largest absolute Gasteiger partial charge is 0.468 e. The van der Waals surface area contributed by atoms with Crippen LogP contribution in [0.5, 0.6) is 0 Å². The highest BCUT2D eigenvalue weighted by Crippen LogP contribution is 2.03. The standard InChI is InChI=1S/C9H18N2O4.ClH/c1-14-8(12)6(10)4-3-5-7(11)9(13)15-2;/h6-7H,3-5,10-11H2,1-2H3;1H. The first-order valence-corrected chi connectivity index (χ1v) is 4.69. The zero-order valence-corrected chi connectivity index (χ0v) is 10.3. The summed E-state index contributed by atoms with van der Waals surface area (Å²) in [5.41, 5.74) is 11.0. The summed E-state index contributed by atoms with van der Waals surface area (Å²) in [6.07, 6.45) is 1.46. The van der Waals surface area contributed by atoms with Gasteiger partial charge in [-0.25, -0.2) is 0 Å². The third-order valence-corrected chi connectivity index (χ3v) is 2.04. The van der Waals surface area contributed by atoms with Crippen LogP contribution in [-0.2, 0) is 19.1 Å². The summed E-state index contributed by atoms with van der Waals surface area (Å²) >= 11 is 0. The fourth-order valence-corrected chi connectivity index (χ4v) is 1.10. The number of rotatable bonds is 6. The lowest BCUT2D eigenvalue weighted by Gasteiger charge is -2.11. The fraction of sp³-hybridized carbons (Fsp3) is 0.778. The summed E-state index contributed by atoms with van der Waals surface area (Å²) in [6.45, 7) is 0. The second-order valence-electron chi connectivity index (χ2n) is 3.19. The Morgan fingerprint density at radius 3 is 1.56 bits per heavy atom. The maximum Gasteiger partial charge on any atom is 0.322 e. The van der Waals surface area contributed by atoms with E-state index in [0.717, 1.165) is 0 Å². The van der Waals surface area contributed by atoms with Gasteiger partial charge in [0.2, 0.25) is 0 Å². The second-order valence-corrected chi connectivity index (χ2v) is 3.19. The van der Waals surface area contributed by atoms with E-state index in [9.17, 15) is 9.59 Å². The average molecular weight is 255 g/mol. The average Bonchev–Trinajstić information content (AvgIpc) is 2.26. The van der Waals surface area contributed by atoms with E-state index >= 15 is 0 Å². The molecule has 0 saturated heterocycles. The molecule has 0 aromatic heterocycles. The first-order chi connectivity index (χ1) is 7.02. The molecule has 0 aromatic carbocycles. The Labute approximate surface area is 101 Å². The lowest BCUT2D eigenvalue weighted by molar-refractivity contribution is -0.142. The number of hydrogen-bond donors (Lipinski definition) is 2. The highest BCUT2D eigenvalue weighted by molar-refractivity contribution is 5.85. The van der Waals surface area contributed by atoms with Crippen molar-refractivity contribution >= 4 is 24.3 Å². The van der Waals surface area contributed by atoms with Gasteiger partial charge in [0.25, 0.3) is 0 Å². The molecule has 0 aliphatic carbocycles. The molecule has 96 valence electrons. The first kappa shape index (κ1) is 17.5. The molecule has 16 heavy (non-hydrogen) atoms. The molecule has 4 N–H and O–H groups in total. The minimum atomic E-state index is -0.653. The molecule has 2 unspecified atom stereocenters.